The van der Waals surface area contributed by atoms with Gasteiger partial charge in [-0.1, -0.05) is 200 Å². The molecule has 0 saturated carbocycles. The van der Waals surface area contributed by atoms with E-state index in [-0.39, 0.29) is 0 Å². The van der Waals surface area contributed by atoms with E-state index in [4.69, 9.17) is 0 Å². The minimum atomic E-state index is 1.08. The van der Waals surface area contributed by atoms with Crippen LogP contribution in [-0.4, -0.2) is 0 Å². The molecule has 0 radical (unpaired) electrons. The summed E-state index contributed by atoms with van der Waals surface area (Å²) in [6, 6.07) is 94.8. The average molecular weight is 802 g/mol. The quantitative estimate of drug-likeness (QED) is 0.141. The summed E-state index contributed by atoms with van der Waals surface area (Å²) in [5, 5.41) is 4.98. The second-order valence-corrected chi connectivity index (χ2v) is 16.1. The van der Waals surface area contributed by atoms with Gasteiger partial charge in [0.15, 0.2) is 0 Å². The molecule has 0 spiro atoms. The molecule has 11 rings (SSSR count). The molecule has 0 fully saturated rings. The third kappa shape index (κ3) is 7.58. The molecule has 296 valence electrons. The Bertz CT molecular complexity index is 3170. The van der Waals surface area contributed by atoms with Gasteiger partial charge in [-0.25, -0.2) is 0 Å². The van der Waals surface area contributed by atoms with Crippen LogP contribution < -0.4 is 4.90 Å². The second kappa shape index (κ2) is 16.7. The minimum absolute atomic E-state index is 1.08. The minimum Gasteiger partial charge on any atom is -0.310 e. The number of nitrogens with zero attached hydrogens (tertiary/aromatic N) is 1. The molecule has 11 aromatic carbocycles. The van der Waals surface area contributed by atoms with Gasteiger partial charge in [0.05, 0.1) is 0 Å². The first-order chi connectivity index (χ1) is 31.2. The van der Waals surface area contributed by atoms with E-state index in [1.165, 1.54) is 82.7 Å². The van der Waals surface area contributed by atoms with Gasteiger partial charge in [-0.3, -0.25) is 0 Å². The van der Waals surface area contributed by atoms with Crippen LogP contribution in [0.4, 0.5) is 17.1 Å². The highest BCUT2D eigenvalue weighted by Crippen LogP contribution is 2.46. The van der Waals surface area contributed by atoms with Crippen molar-refractivity contribution in [3.05, 3.63) is 261 Å². The van der Waals surface area contributed by atoms with Gasteiger partial charge in [0, 0.05) is 17.1 Å². The molecule has 0 saturated heterocycles. The summed E-state index contributed by atoms with van der Waals surface area (Å²) >= 11 is 0. The predicted molar refractivity (Wildman–Crippen MR) is 269 cm³/mol. The fourth-order valence-corrected chi connectivity index (χ4v) is 9.03. The monoisotopic (exact) mass is 801 g/mol. The fraction of sp³-hybridized carbons (Fsp3) is 0. The Morgan fingerprint density at radius 1 is 0.190 bits per heavy atom. The van der Waals surface area contributed by atoms with Crippen LogP contribution in [0.5, 0.6) is 0 Å². The molecule has 0 unspecified atom stereocenters. The fourth-order valence-electron chi connectivity index (χ4n) is 9.03. The summed E-state index contributed by atoms with van der Waals surface area (Å²) < 4.78 is 0. The highest BCUT2D eigenvalue weighted by atomic mass is 15.1. The largest absolute Gasteiger partial charge is 0.310 e. The molecular formula is C62H43N. The van der Waals surface area contributed by atoms with Crippen molar-refractivity contribution in [2.45, 2.75) is 0 Å². The second-order valence-electron chi connectivity index (χ2n) is 16.1. The molecule has 0 aliphatic carbocycles. The van der Waals surface area contributed by atoms with Crippen molar-refractivity contribution in [2.24, 2.45) is 0 Å². The van der Waals surface area contributed by atoms with Gasteiger partial charge in [0.2, 0.25) is 0 Å². The molecule has 0 amide bonds. The lowest BCUT2D eigenvalue weighted by atomic mass is 9.84. The van der Waals surface area contributed by atoms with Crippen LogP contribution in [0.15, 0.2) is 261 Å². The Morgan fingerprint density at radius 2 is 0.571 bits per heavy atom. The number of hydrogen-bond donors (Lipinski definition) is 0. The van der Waals surface area contributed by atoms with E-state index in [1.54, 1.807) is 0 Å². The molecule has 0 aliphatic rings. The number of hydrogen-bond acceptors (Lipinski definition) is 1. The first kappa shape index (κ1) is 37.7. The van der Waals surface area contributed by atoms with Crippen LogP contribution >= 0.6 is 0 Å². The molecule has 0 aliphatic heterocycles. The Kier molecular flexibility index (Phi) is 9.97. The first-order valence-electron chi connectivity index (χ1n) is 21.7. The summed E-state index contributed by atoms with van der Waals surface area (Å²) in [7, 11) is 0. The van der Waals surface area contributed by atoms with Gasteiger partial charge >= 0.3 is 0 Å². The van der Waals surface area contributed by atoms with Gasteiger partial charge < -0.3 is 4.90 Å². The van der Waals surface area contributed by atoms with E-state index in [1.807, 2.05) is 0 Å². The highest BCUT2D eigenvalue weighted by Gasteiger charge is 2.20. The van der Waals surface area contributed by atoms with Crippen LogP contribution in [0.3, 0.4) is 0 Å². The van der Waals surface area contributed by atoms with Crippen molar-refractivity contribution >= 4 is 38.6 Å². The van der Waals surface area contributed by atoms with Crippen LogP contribution in [0.1, 0.15) is 0 Å². The Morgan fingerprint density at radius 3 is 1.05 bits per heavy atom. The molecule has 0 aromatic heterocycles. The van der Waals surface area contributed by atoms with Gasteiger partial charge in [-0.05, 0) is 149 Å². The SMILES string of the molecule is c1ccc(-c2cc(-c3ccccc3)c(-c3cccc(N(c4ccc(-c5ccc6ccccc6c5)cc4)c4ccc(-c5ccc6ccccc6c5)cc4)c3)c(-c3ccccc3)c2)cc1. The summed E-state index contributed by atoms with van der Waals surface area (Å²) in [4.78, 5) is 2.39. The molecule has 1 heteroatoms. The maximum absolute atomic E-state index is 2.39. The molecule has 1 nitrogen and oxygen atoms in total. The van der Waals surface area contributed by atoms with Crippen molar-refractivity contribution in [3.8, 4) is 66.8 Å². The Balaban J connectivity index is 1.07. The normalized spacial score (nSPS) is 11.2. The van der Waals surface area contributed by atoms with Gasteiger partial charge in [0.25, 0.3) is 0 Å². The van der Waals surface area contributed by atoms with Crippen LogP contribution in [-0.2, 0) is 0 Å². The summed E-state index contributed by atoms with van der Waals surface area (Å²) in [6.45, 7) is 0. The zero-order valence-electron chi connectivity index (χ0n) is 34.8. The predicted octanol–water partition coefficient (Wildman–Crippen LogP) is 17.5. The molecule has 63 heavy (non-hydrogen) atoms. The first-order valence-corrected chi connectivity index (χ1v) is 21.7. The standard InChI is InChI=1S/C62H43N/c1-4-15-44(16-5-1)56-42-60(49-19-6-2-7-20-49)62(61(43-56)50-21-8-3-9-22-50)55-25-14-26-59(41-55)63(57-35-31-47(32-36-57)53-29-27-45-17-10-12-23-51(45)39-53)58-37-33-48(34-38-58)54-30-28-46-18-11-13-24-52(46)40-54/h1-43H. The topological polar surface area (TPSA) is 3.24 Å². The van der Waals surface area contributed by atoms with E-state index >= 15 is 0 Å². The van der Waals surface area contributed by atoms with Crippen LogP contribution in [0, 0.1) is 0 Å². The number of benzene rings is 11. The van der Waals surface area contributed by atoms with E-state index in [0.29, 0.717) is 0 Å². The van der Waals surface area contributed by atoms with Crippen molar-refractivity contribution in [1.29, 1.82) is 0 Å². The van der Waals surface area contributed by atoms with Gasteiger partial charge in [-0.15, -0.1) is 0 Å². The smallest absolute Gasteiger partial charge is 0.0467 e. The molecule has 0 heterocycles. The average Bonchev–Trinajstić information content (AvgIpc) is 3.37. The van der Waals surface area contributed by atoms with Crippen molar-refractivity contribution < 1.29 is 0 Å². The lowest BCUT2D eigenvalue weighted by molar-refractivity contribution is 1.28. The molecular weight excluding hydrogens is 759 g/mol. The number of rotatable bonds is 9. The van der Waals surface area contributed by atoms with E-state index < -0.39 is 0 Å². The number of anilines is 3. The zero-order chi connectivity index (χ0) is 42.0. The van der Waals surface area contributed by atoms with Gasteiger partial charge in [-0.2, -0.15) is 0 Å². The zero-order valence-corrected chi connectivity index (χ0v) is 34.8. The molecule has 0 N–H and O–H groups in total. The van der Waals surface area contributed by atoms with Crippen molar-refractivity contribution in [1.82, 2.24) is 0 Å². The summed E-state index contributed by atoms with van der Waals surface area (Å²) in [5.41, 5.74) is 17.5. The van der Waals surface area contributed by atoms with Crippen molar-refractivity contribution in [3.63, 3.8) is 0 Å². The van der Waals surface area contributed by atoms with E-state index in [9.17, 15) is 0 Å². The van der Waals surface area contributed by atoms with Crippen LogP contribution in [0.25, 0.3) is 88.3 Å². The number of fused-ring (bicyclic) bond motifs is 2. The Labute approximate surface area is 369 Å². The third-order valence-corrected chi connectivity index (χ3v) is 12.2. The Hall–Kier alpha value is -8.26. The summed E-state index contributed by atoms with van der Waals surface area (Å²) in [6.07, 6.45) is 0. The van der Waals surface area contributed by atoms with E-state index in [0.717, 1.165) is 22.6 Å². The molecule has 0 bridgehead atoms. The molecule has 0 atom stereocenters. The lowest BCUT2D eigenvalue weighted by Crippen LogP contribution is -2.10. The van der Waals surface area contributed by atoms with Crippen molar-refractivity contribution in [2.75, 3.05) is 4.90 Å². The van der Waals surface area contributed by atoms with Gasteiger partial charge in [0.1, 0.15) is 0 Å². The highest BCUT2D eigenvalue weighted by molar-refractivity contribution is 5.99. The molecule has 11 aromatic rings. The lowest BCUT2D eigenvalue weighted by Gasteiger charge is -2.27. The maximum Gasteiger partial charge on any atom is 0.0467 e. The van der Waals surface area contributed by atoms with E-state index in [2.05, 4.69) is 266 Å². The van der Waals surface area contributed by atoms with Crippen LogP contribution in [0.2, 0.25) is 0 Å². The third-order valence-electron chi connectivity index (χ3n) is 12.2. The maximum atomic E-state index is 2.39. The summed E-state index contributed by atoms with van der Waals surface area (Å²) in [5.74, 6) is 0.